The summed E-state index contributed by atoms with van der Waals surface area (Å²) in [5.74, 6) is 0. The first-order chi connectivity index (χ1) is 19.2. The molecule has 5 aromatic rings. The Kier molecular flexibility index (Phi) is 8.00. The molecule has 0 amide bonds. The molecule has 1 fully saturated rings. The van der Waals surface area contributed by atoms with Crippen LogP contribution in [0, 0.1) is 0 Å². The van der Waals surface area contributed by atoms with Gasteiger partial charge in [-0.3, -0.25) is 4.90 Å². The number of aromatic nitrogens is 3. The number of morpholine rings is 1. The number of aromatic amines is 1. The van der Waals surface area contributed by atoms with Gasteiger partial charge in [-0.25, -0.2) is 4.98 Å². The summed E-state index contributed by atoms with van der Waals surface area (Å²) in [5, 5.41) is 6.23. The molecule has 0 unspecified atom stereocenters. The van der Waals surface area contributed by atoms with Crippen molar-refractivity contribution in [2.24, 2.45) is 0 Å². The average Bonchev–Trinajstić information content (AvgIpc) is 3.53. The van der Waals surface area contributed by atoms with Gasteiger partial charge in [-0.1, -0.05) is 71.7 Å². The number of nitrogens with one attached hydrogen (secondary N) is 2. The van der Waals surface area contributed by atoms with E-state index in [1.165, 1.54) is 0 Å². The minimum absolute atomic E-state index is 0.677. The molecule has 0 aliphatic carbocycles. The minimum atomic E-state index is 0.677. The Morgan fingerprint density at radius 1 is 0.923 bits per heavy atom. The second-order valence-electron chi connectivity index (χ2n) is 9.86. The molecule has 3 heterocycles. The Morgan fingerprint density at radius 2 is 1.69 bits per heavy atom. The maximum Gasteiger partial charge on any atom is 0.0964 e. The highest BCUT2D eigenvalue weighted by atomic mass is 35.5. The molecule has 0 saturated carbocycles. The molecule has 2 N–H and O–H groups in total. The molecule has 6 nitrogen and oxygen atoms in total. The number of hydrogen-bond acceptors (Lipinski definition) is 4. The Hall–Kier alpha value is -3.13. The van der Waals surface area contributed by atoms with Crippen LogP contribution in [0.3, 0.4) is 0 Å². The summed E-state index contributed by atoms with van der Waals surface area (Å²) in [7, 11) is 0. The highest BCUT2D eigenvalue weighted by Crippen LogP contribution is 2.39. The third kappa shape index (κ3) is 5.91. The molecular formula is C31H31Cl2N5O. The van der Waals surface area contributed by atoms with Gasteiger partial charge >= 0.3 is 0 Å². The van der Waals surface area contributed by atoms with Crippen LogP contribution in [0.1, 0.15) is 11.3 Å². The van der Waals surface area contributed by atoms with Crippen molar-refractivity contribution in [3.8, 4) is 22.5 Å². The predicted molar refractivity (Wildman–Crippen MR) is 159 cm³/mol. The largest absolute Gasteiger partial charge is 0.379 e. The predicted octanol–water partition coefficient (Wildman–Crippen LogP) is 6.48. The van der Waals surface area contributed by atoms with E-state index in [0.717, 1.165) is 89.1 Å². The summed E-state index contributed by atoms with van der Waals surface area (Å²) in [6, 6.07) is 24.4. The first kappa shape index (κ1) is 26.1. The van der Waals surface area contributed by atoms with Crippen molar-refractivity contribution in [1.82, 2.24) is 24.8 Å². The minimum Gasteiger partial charge on any atom is -0.379 e. The Morgan fingerprint density at radius 3 is 2.49 bits per heavy atom. The quantitative estimate of drug-likeness (QED) is 0.203. The molecule has 39 heavy (non-hydrogen) atoms. The second kappa shape index (κ2) is 11.9. The fourth-order valence-electron chi connectivity index (χ4n) is 5.26. The first-order valence-corrected chi connectivity index (χ1v) is 14.1. The Balaban J connectivity index is 1.40. The van der Waals surface area contributed by atoms with Gasteiger partial charge in [-0.15, -0.1) is 0 Å². The topological polar surface area (TPSA) is 58.1 Å². The zero-order valence-electron chi connectivity index (χ0n) is 21.7. The van der Waals surface area contributed by atoms with Crippen LogP contribution in [0.4, 0.5) is 0 Å². The highest BCUT2D eigenvalue weighted by molar-refractivity contribution is 6.31. The molecular weight excluding hydrogens is 529 g/mol. The SMILES string of the molecule is Clc1ccc(Cn2cnc(-c3ccccc3)c2-c2c(CNCCN3CCOCC3)[nH]c3cc(Cl)ccc23)cc1. The zero-order valence-corrected chi connectivity index (χ0v) is 23.2. The lowest BCUT2D eigenvalue weighted by molar-refractivity contribution is 0.0384. The summed E-state index contributed by atoms with van der Waals surface area (Å²) in [6.07, 6.45) is 1.94. The van der Waals surface area contributed by atoms with Crippen molar-refractivity contribution < 1.29 is 4.74 Å². The van der Waals surface area contributed by atoms with Gasteiger partial charge in [0.2, 0.25) is 0 Å². The van der Waals surface area contributed by atoms with Gasteiger partial charge < -0.3 is 19.6 Å². The van der Waals surface area contributed by atoms with Crippen LogP contribution in [0.2, 0.25) is 10.0 Å². The van der Waals surface area contributed by atoms with Crippen molar-refractivity contribution in [3.05, 3.63) is 100 Å². The standard InChI is InChI=1S/C31H31Cl2N5O/c32-24-8-6-22(7-9-24)20-38-21-35-30(23-4-2-1-3-5-23)31(38)29-26-11-10-25(33)18-27(26)36-28(29)19-34-12-13-37-14-16-39-17-15-37/h1-11,18,21,34,36H,12-17,19-20H2. The number of imidazole rings is 1. The molecule has 0 radical (unpaired) electrons. The summed E-state index contributed by atoms with van der Waals surface area (Å²) < 4.78 is 7.73. The summed E-state index contributed by atoms with van der Waals surface area (Å²) in [4.78, 5) is 11.0. The number of H-pyrrole nitrogens is 1. The van der Waals surface area contributed by atoms with Gasteiger partial charge in [0.25, 0.3) is 0 Å². The fraction of sp³-hybridized carbons (Fsp3) is 0.258. The molecule has 0 spiro atoms. The van der Waals surface area contributed by atoms with Crippen LogP contribution in [-0.4, -0.2) is 58.8 Å². The van der Waals surface area contributed by atoms with E-state index in [9.17, 15) is 0 Å². The molecule has 1 aliphatic heterocycles. The lowest BCUT2D eigenvalue weighted by atomic mass is 10.0. The number of rotatable bonds is 9. The normalized spacial score (nSPS) is 14.3. The molecule has 0 atom stereocenters. The van der Waals surface area contributed by atoms with Crippen LogP contribution in [0.5, 0.6) is 0 Å². The van der Waals surface area contributed by atoms with E-state index in [1.54, 1.807) is 0 Å². The van der Waals surface area contributed by atoms with Crippen molar-refractivity contribution in [1.29, 1.82) is 0 Å². The van der Waals surface area contributed by atoms with Gasteiger partial charge in [0.1, 0.15) is 0 Å². The fourth-order valence-corrected chi connectivity index (χ4v) is 5.56. The zero-order chi connectivity index (χ0) is 26.6. The van der Waals surface area contributed by atoms with Gasteiger partial charge in [-0.05, 0) is 29.8 Å². The van der Waals surface area contributed by atoms with Gasteiger partial charge in [0.05, 0.1) is 30.9 Å². The molecule has 200 valence electrons. The molecule has 2 aromatic heterocycles. The van der Waals surface area contributed by atoms with E-state index in [1.807, 2.05) is 36.7 Å². The monoisotopic (exact) mass is 559 g/mol. The summed E-state index contributed by atoms with van der Waals surface area (Å²) >= 11 is 12.6. The second-order valence-corrected chi connectivity index (χ2v) is 10.7. The molecule has 8 heteroatoms. The van der Waals surface area contributed by atoms with Crippen molar-refractivity contribution >= 4 is 34.1 Å². The van der Waals surface area contributed by atoms with Crippen LogP contribution in [0.25, 0.3) is 33.4 Å². The van der Waals surface area contributed by atoms with E-state index < -0.39 is 0 Å². The molecule has 3 aromatic carbocycles. The van der Waals surface area contributed by atoms with Crippen LogP contribution in [0.15, 0.2) is 79.1 Å². The van der Waals surface area contributed by atoms with Crippen molar-refractivity contribution in [2.75, 3.05) is 39.4 Å². The van der Waals surface area contributed by atoms with Crippen LogP contribution >= 0.6 is 23.2 Å². The lowest BCUT2D eigenvalue weighted by Gasteiger charge is -2.26. The van der Waals surface area contributed by atoms with Crippen molar-refractivity contribution in [3.63, 3.8) is 0 Å². The van der Waals surface area contributed by atoms with E-state index in [0.29, 0.717) is 18.1 Å². The summed E-state index contributed by atoms with van der Waals surface area (Å²) in [6.45, 7) is 6.87. The van der Waals surface area contributed by atoms with E-state index >= 15 is 0 Å². The maximum absolute atomic E-state index is 6.42. The van der Waals surface area contributed by atoms with E-state index in [-0.39, 0.29) is 0 Å². The van der Waals surface area contributed by atoms with E-state index in [2.05, 4.69) is 62.2 Å². The third-order valence-electron chi connectivity index (χ3n) is 7.24. The smallest absolute Gasteiger partial charge is 0.0964 e. The average molecular weight is 561 g/mol. The number of ether oxygens (including phenoxy) is 1. The Bertz CT molecular complexity index is 1540. The van der Waals surface area contributed by atoms with Crippen LogP contribution in [-0.2, 0) is 17.8 Å². The molecule has 1 aliphatic rings. The number of halogens is 2. The van der Waals surface area contributed by atoms with Gasteiger partial charge in [0.15, 0.2) is 0 Å². The molecule has 0 bridgehead atoms. The van der Waals surface area contributed by atoms with E-state index in [4.69, 9.17) is 32.9 Å². The number of fused-ring (bicyclic) bond motifs is 1. The third-order valence-corrected chi connectivity index (χ3v) is 7.72. The lowest BCUT2D eigenvalue weighted by Crippen LogP contribution is -2.40. The number of hydrogen-bond donors (Lipinski definition) is 2. The number of benzene rings is 3. The number of nitrogens with zero attached hydrogens (tertiary/aromatic N) is 3. The molecule has 6 rings (SSSR count). The maximum atomic E-state index is 6.42. The summed E-state index contributed by atoms with van der Waals surface area (Å²) in [5.41, 5.74) is 7.54. The molecule has 1 saturated heterocycles. The van der Waals surface area contributed by atoms with Gasteiger partial charge in [-0.2, -0.15) is 0 Å². The highest BCUT2D eigenvalue weighted by Gasteiger charge is 2.22. The van der Waals surface area contributed by atoms with Gasteiger partial charge in [0, 0.05) is 77.0 Å². The van der Waals surface area contributed by atoms with Crippen LogP contribution < -0.4 is 5.32 Å². The first-order valence-electron chi connectivity index (χ1n) is 13.3. The van der Waals surface area contributed by atoms with Crippen molar-refractivity contribution in [2.45, 2.75) is 13.1 Å². The Labute approximate surface area is 238 Å².